The lowest BCUT2D eigenvalue weighted by Crippen LogP contribution is -2.31. The van der Waals surface area contributed by atoms with Gasteiger partial charge in [-0.1, -0.05) is 305 Å². The van der Waals surface area contributed by atoms with Crippen LogP contribution in [0.3, 0.4) is 0 Å². The van der Waals surface area contributed by atoms with E-state index in [1.54, 1.807) is 0 Å². The number of carbonyl (C=O) groups is 3. The normalized spacial score (nSPS) is 13.1. The monoisotopic (exact) mass is 1760 g/mol. The SMILES string of the molecule is Cc1ccc2c(c1)-c1ccccc1C2=O.Cc1ccc2c(c1)C(=O)c1ccccc1C2(C)C.Cc1ccc2c(c1)c1cc3c(cc1n2-c1ccccc1)sc1ccccc13.Cc1ccc2c3cc4c(cc3n(-c3ccccc3)c2c1)sc1ccccc14.Cc1ccc2sc3cc4c(cc3c2c1)c1ccccc1n4-c1ccccc1.Cc1cccc2c1C(C)(C)c1ccccc1C2=O. The molecule has 6 heterocycles. The van der Waals surface area contributed by atoms with Gasteiger partial charge in [0.1, 0.15) is 0 Å². The van der Waals surface area contributed by atoms with E-state index in [1.807, 2.05) is 139 Å². The maximum Gasteiger partial charge on any atom is 0.194 e. The molecule has 9 heteroatoms. The number of aryl methyl sites for hydroxylation is 6. The highest BCUT2D eigenvalue weighted by Crippen LogP contribution is 2.49. The van der Waals surface area contributed by atoms with Crippen LogP contribution in [0.2, 0.25) is 0 Å². The average Bonchev–Trinajstić information content (AvgIpc) is 0.969. The second kappa shape index (κ2) is 32.9. The molecule has 132 heavy (non-hydrogen) atoms. The summed E-state index contributed by atoms with van der Waals surface area (Å²) in [5.41, 5.74) is 30.3. The number of hydrogen-bond acceptors (Lipinski definition) is 6. The number of ketones is 3. The summed E-state index contributed by atoms with van der Waals surface area (Å²) in [4.78, 5) is 37.1. The van der Waals surface area contributed by atoms with E-state index in [0.29, 0.717) is 0 Å². The number of carbonyl (C=O) groups excluding carboxylic acids is 3. The van der Waals surface area contributed by atoms with Gasteiger partial charge in [-0.25, -0.2) is 0 Å². The number of benzene rings is 18. The molecule has 0 N–H and O–H groups in total. The zero-order valence-corrected chi connectivity index (χ0v) is 77.6. The molecular formula is C123H93N3O3S3. The maximum absolute atomic E-state index is 12.5. The summed E-state index contributed by atoms with van der Waals surface area (Å²) in [6, 6.07) is 135. The van der Waals surface area contributed by atoms with Crippen LogP contribution < -0.4 is 0 Å². The Balaban J connectivity index is 0.0000000938. The summed E-state index contributed by atoms with van der Waals surface area (Å²) in [5.74, 6) is 0.466. The van der Waals surface area contributed by atoms with Gasteiger partial charge >= 0.3 is 0 Å². The van der Waals surface area contributed by atoms with Crippen molar-refractivity contribution in [3.8, 4) is 28.2 Å². The molecule has 6 aromatic heterocycles. The van der Waals surface area contributed by atoms with Crippen molar-refractivity contribution in [1.29, 1.82) is 0 Å². The second-order valence-corrected chi connectivity index (χ2v) is 39.7. The van der Waals surface area contributed by atoms with E-state index in [-0.39, 0.29) is 28.2 Å². The molecule has 0 amide bonds. The van der Waals surface area contributed by atoms with Gasteiger partial charge in [0.05, 0.1) is 33.1 Å². The third-order valence-corrected chi connectivity index (χ3v) is 30.5. The lowest BCUT2D eigenvalue weighted by Gasteiger charge is -2.35. The Morgan fingerprint density at radius 3 is 1.11 bits per heavy atom. The predicted octanol–water partition coefficient (Wildman–Crippen LogP) is 33.3. The highest BCUT2D eigenvalue weighted by atomic mass is 32.1. The summed E-state index contributed by atoms with van der Waals surface area (Å²) in [6.07, 6.45) is 0. The Morgan fingerprint density at radius 1 is 0.197 bits per heavy atom. The highest BCUT2D eigenvalue weighted by molar-refractivity contribution is 7.26. The Hall–Kier alpha value is -15.0. The van der Waals surface area contributed by atoms with Gasteiger partial charge in [-0.3, -0.25) is 14.4 Å². The minimum atomic E-state index is -0.106. The first kappa shape index (κ1) is 82.7. The van der Waals surface area contributed by atoms with Gasteiger partial charge in [0, 0.05) is 154 Å². The number of aromatic nitrogens is 3. The van der Waals surface area contributed by atoms with E-state index in [1.165, 1.54) is 176 Å². The number of thiophene rings is 3. The van der Waals surface area contributed by atoms with Crippen LogP contribution >= 0.6 is 34.0 Å². The topological polar surface area (TPSA) is 66.0 Å². The third-order valence-electron chi connectivity index (χ3n) is 27.1. The first-order chi connectivity index (χ1) is 64.2. The third kappa shape index (κ3) is 14.1. The molecular weight excluding hydrogens is 1660 g/mol. The van der Waals surface area contributed by atoms with Crippen LogP contribution in [0, 0.1) is 41.5 Å². The largest absolute Gasteiger partial charge is 0.309 e. The minimum absolute atomic E-state index is 0.104. The summed E-state index contributed by atoms with van der Waals surface area (Å²) in [6.45, 7) is 21.4. The Morgan fingerprint density at radius 2 is 0.538 bits per heavy atom. The van der Waals surface area contributed by atoms with Crippen LogP contribution in [0.5, 0.6) is 0 Å². The van der Waals surface area contributed by atoms with E-state index in [9.17, 15) is 14.4 Å². The van der Waals surface area contributed by atoms with Crippen molar-refractivity contribution >= 4 is 177 Å². The number of hydrogen-bond donors (Lipinski definition) is 0. The molecule has 3 aliphatic carbocycles. The number of para-hydroxylation sites is 4. The Bertz CT molecular complexity index is 8820. The number of rotatable bonds is 3. The van der Waals surface area contributed by atoms with E-state index >= 15 is 0 Å². The molecule has 0 unspecified atom stereocenters. The quantitative estimate of drug-likeness (QED) is 0.177. The van der Waals surface area contributed by atoms with Crippen LogP contribution in [0.4, 0.5) is 0 Å². The average molecular weight is 1760 g/mol. The second-order valence-electron chi connectivity index (χ2n) is 36.4. The molecule has 0 bridgehead atoms. The lowest BCUT2D eigenvalue weighted by molar-refractivity contribution is 0.102. The maximum atomic E-state index is 12.5. The fraction of sp³-hybridized carbons (Fsp3) is 0.0976. The van der Waals surface area contributed by atoms with Crippen LogP contribution in [-0.2, 0) is 10.8 Å². The van der Waals surface area contributed by atoms with Crippen LogP contribution in [0.25, 0.3) is 154 Å². The molecule has 0 radical (unpaired) electrons. The van der Waals surface area contributed by atoms with Gasteiger partial charge in [0.25, 0.3) is 0 Å². The first-order valence-corrected chi connectivity index (χ1v) is 47.6. The van der Waals surface area contributed by atoms with Gasteiger partial charge in [0.2, 0.25) is 0 Å². The van der Waals surface area contributed by atoms with Gasteiger partial charge < -0.3 is 13.7 Å². The lowest BCUT2D eigenvalue weighted by atomic mass is 9.67. The minimum Gasteiger partial charge on any atom is -0.309 e. The van der Waals surface area contributed by atoms with E-state index < -0.39 is 0 Å². The van der Waals surface area contributed by atoms with E-state index in [4.69, 9.17) is 0 Å². The molecule has 24 aromatic rings. The Kier molecular flexibility index (Phi) is 20.6. The molecule has 18 aromatic carbocycles. The highest BCUT2D eigenvalue weighted by Gasteiger charge is 2.39. The van der Waals surface area contributed by atoms with Crippen molar-refractivity contribution in [2.24, 2.45) is 0 Å². The molecule has 0 aliphatic heterocycles. The van der Waals surface area contributed by atoms with Crippen molar-refractivity contribution < 1.29 is 14.4 Å². The van der Waals surface area contributed by atoms with Crippen molar-refractivity contribution in [3.63, 3.8) is 0 Å². The zero-order valence-electron chi connectivity index (χ0n) is 75.2. The smallest absolute Gasteiger partial charge is 0.194 e. The summed E-state index contributed by atoms with van der Waals surface area (Å²) >= 11 is 5.65. The van der Waals surface area contributed by atoms with Gasteiger partial charge in [-0.15, -0.1) is 34.0 Å². The Labute approximate surface area is 778 Å². The molecule has 0 fully saturated rings. The molecule has 3 aliphatic rings. The van der Waals surface area contributed by atoms with Crippen LogP contribution in [0.1, 0.15) is 131 Å². The molecule has 6 nitrogen and oxygen atoms in total. The van der Waals surface area contributed by atoms with Gasteiger partial charge in [0.15, 0.2) is 17.3 Å². The number of fused-ring (bicyclic) bond motifs is 25. The fourth-order valence-electron chi connectivity index (χ4n) is 20.9. The summed E-state index contributed by atoms with van der Waals surface area (Å²) in [5, 5.41) is 16.1. The summed E-state index contributed by atoms with van der Waals surface area (Å²) < 4.78 is 15.3. The molecule has 636 valence electrons. The zero-order chi connectivity index (χ0) is 90.1. The molecule has 0 saturated heterocycles. The first-order valence-electron chi connectivity index (χ1n) is 45.2. The van der Waals surface area contributed by atoms with Gasteiger partial charge in [-0.05, 0) is 213 Å². The predicted molar refractivity (Wildman–Crippen MR) is 562 cm³/mol. The van der Waals surface area contributed by atoms with Gasteiger partial charge in [-0.2, -0.15) is 0 Å². The molecule has 0 saturated carbocycles. The standard InChI is InChI=1S/3C25H17NS.2C17H16O.C14H10O/c1-16-11-12-18-20-14-21-19-9-5-6-10-24(19)27-25(21)15-23(20)26(22(18)13-16)17-7-3-2-4-8-17;1-16-11-12-24-20(13-16)21-14-19-18-9-5-6-10-22(18)26(17-7-3-2-4-8-17)23(19)15-25(21)27-24;1-16-11-12-22-19(13-16)20-14-21-18-9-5-6-10-24(18)27-25(21)15-23(20)26(22)17-7-3-2-4-8-17;1-11-7-6-9-13-15(11)17(2,3)14-10-5-4-8-12(14)16(13)18;1-11-8-9-15-13(10-11)16(18)12-6-4-5-7-14(12)17(15,2)3;1-9-6-7-12-13(8-9)10-4-2-3-5-11(10)14(12)15/h3*2-15H,1H3;2*4-10H,1-3H3;2-8H,1H3. The van der Waals surface area contributed by atoms with E-state index in [0.717, 1.165) is 66.8 Å². The van der Waals surface area contributed by atoms with Crippen molar-refractivity contribution in [2.45, 2.75) is 80.1 Å². The fourth-order valence-corrected chi connectivity index (χ4v) is 24.2. The van der Waals surface area contributed by atoms with Crippen LogP contribution in [-0.4, -0.2) is 31.1 Å². The molecule has 27 rings (SSSR count). The molecule has 0 spiro atoms. The number of nitrogens with zero attached hydrogens (tertiary/aromatic N) is 3. The van der Waals surface area contributed by atoms with Crippen molar-refractivity contribution in [3.05, 3.63) is 471 Å². The van der Waals surface area contributed by atoms with Crippen molar-refractivity contribution in [1.82, 2.24) is 13.7 Å². The summed E-state index contributed by atoms with van der Waals surface area (Å²) in [7, 11) is 0. The van der Waals surface area contributed by atoms with Crippen LogP contribution in [0.15, 0.2) is 382 Å². The molecule has 0 atom stereocenters. The van der Waals surface area contributed by atoms with E-state index in [2.05, 4.69) is 360 Å². The van der Waals surface area contributed by atoms with Crippen molar-refractivity contribution in [2.75, 3.05) is 0 Å².